The maximum Gasteiger partial charge on any atom is 0.0420 e. The van der Waals surface area contributed by atoms with Crippen LogP contribution in [0.25, 0.3) is 0 Å². The van der Waals surface area contributed by atoms with Crippen LogP contribution < -0.4 is 5.32 Å². The van der Waals surface area contributed by atoms with E-state index in [1.54, 1.807) is 0 Å². The Bertz CT molecular complexity index is 359. The number of aromatic nitrogens is 1. The SMILES string of the molecule is CCCNC(Cc1ccc(Br)cn1)C(C)C1CC1. The Balaban J connectivity index is 1.96. The summed E-state index contributed by atoms with van der Waals surface area (Å²) in [4.78, 5) is 4.50. The molecule has 1 aromatic heterocycles. The summed E-state index contributed by atoms with van der Waals surface area (Å²) >= 11 is 3.44. The van der Waals surface area contributed by atoms with Crippen molar-refractivity contribution in [2.75, 3.05) is 6.54 Å². The van der Waals surface area contributed by atoms with Crippen molar-refractivity contribution < 1.29 is 0 Å². The molecule has 0 radical (unpaired) electrons. The molecule has 0 saturated heterocycles. The number of pyridine rings is 1. The number of nitrogens with zero attached hydrogens (tertiary/aromatic N) is 1. The molecule has 1 heterocycles. The Kier molecular flexibility index (Phi) is 5.19. The fourth-order valence-electron chi connectivity index (χ4n) is 2.48. The van der Waals surface area contributed by atoms with Gasteiger partial charge in [0.25, 0.3) is 0 Å². The summed E-state index contributed by atoms with van der Waals surface area (Å²) in [6, 6.07) is 4.79. The molecule has 0 aliphatic heterocycles. The van der Waals surface area contributed by atoms with E-state index in [0.717, 1.165) is 29.3 Å². The van der Waals surface area contributed by atoms with E-state index in [1.165, 1.54) is 25.0 Å². The Labute approximate surface area is 119 Å². The van der Waals surface area contributed by atoms with E-state index in [1.807, 2.05) is 6.20 Å². The molecule has 0 spiro atoms. The van der Waals surface area contributed by atoms with Gasteiger partial charge in [0.2, 0.25) is 0 Å². The first-order valence-corrected chi connectivity index (χ1v) is 7.83. The predicted molar refractivity (Wildman–Crippen MR) is 79.6 cm³/mol. The smallest absolute Gasteiger partial charge is 0.0420 e. The standard InChI is InChI=1S/C15H23BrN2/c1-3-8-17-15(11(2)12-4-5-12)9-14-7-6-13(16)10-18-14/h6-7,10-12,15,17H,3-5,8-9H2,1-2H3. The van der Waals surface area contributed by atoms with Crippen molar-refractivity contribution in [3.05, 3.63) is 28.5 Å². The number of hydrogen-bond acceptors (Lipinski definition) is 2. The van der Waals surface area contributed by atoms with E-state index < -0.39 is 0 Å². The fraction of sp³-hybridized carbons (Fsp3) is 0.667. The van der Waals surface area contributed by atoms with Gasteiger partial charge in [-0.25, -0.2) is 0 Å². The Morgan fingerprint density at radius 1 is 1.44 bits per heavy atom. The summed E-state index contributed by atoms with van der Waals surface area (Å²) in [6.07, 6.45) is 6.97. The molecule has 100 valence electrons. The summed E-state index contributed by atoms with van der Waals surface area (Å²) in [5.74, 6) is 1.71. The highest BCUT2D eigenvalue weighted by Gasteiger charge is 2.33. The van der Waals surface area contributed by atoms with Gasteiger partial charge in [-0.15, -0.1) is 0 Å². The van der Waals surface area contributed by atoms with Crippen LogP contribution >= 0.6 is 15.9 Å². The second-order valence-electron chi connectivity index (χ2n) is 5.43. The molecule has 18 heavy (non-hydrogen) atoms. The van der Waals surface area contributed by atoms with Gasteiger partial charge in [-0.1, -0.05) is 13.8 Å². The fourth-order valence-corrected chi connectivity index (χ4v) is 2.71. The van der Waals surface area contributed by atoms with E-state index in [2.05, 4.69) is 52.2 Å². The van der Waals surface area contributed by atoms with E-state index in [0.29, 0.717) is 6.04 Å². The molecule has 1 aliphatic carbocycles. The van der Waals surface area contributed by atoms with Crippen LogP contribution in [0.5, 0.6) is 0 Å². The van der Waals surface area contributed by atoms with Crippen LogP contribution in [0.15, 0.2) is 22.8 Å². The third-order valence-electron chi connectivity index (χ3n) is 3.87. The van der Waals surface area contributed by atoms with Crippen LogP contribution in [0.1, 0.15) is 38.8 Å². The van der Waals surface area contributed by atoms with Gasteiger partial charge in [-0.3, -0.25) is 4.98 Å². The van der Waals surface area contributed by atoms with Gasteiger partial charge in [0.1, 0.15) is 0 Å². The highest BCUT2D eigenvalue weighted by molar-refractivity contribution is 9.10. The first-order valence-electron chi connectivity index (χ1n) is 7.04. The first kappa shape index (κ1) is 14.0. The van der Waals surface area contributed by atoms with Gasteiger partial charge in [0.05, 0.1) is 0 Å². The highest BCUT2D eigenvalue weighted by Crippen LogP contribution is 2.38. The average molecular weight is 311 g/mol. The van der Waals surface area contributed by atoms with Crippen LogP contribution in [0, 0.1) is 11.8 Å². The summed E-state index contributed by atoms with van der Waals surface area (Å²) in [5.41, 5.74) is 1.19. The van der Waals surface area contributed by atoms with Crippen molar-refractivity contribution in [1.29, 1.82) is 0 Å². The second-order valence-corrected chi connectivity index (χ2v) is 6.34. The van der Waals surface area contributed by atoms with Crippen molar-refractivity contribution in [2.45, 2.75) is 45.6 Å². The normalized spacial score (nSPS) is 18.6. The summed E-state index contributed by atoms with van der Waals surface area (Å²) in [6.45, 7) is 5.73. The van der Waals surface area contributed by atoms with Gasteiger partial charge in [-0.05, 0) is 65.7 Å². The van der Waals surface area contributed by atoms with E-state index in [4.69, 9.17) is 0 Å². The zero-order valence-corrected chi connectivity index (χ0v) is 12.9. The number of nitrogens with one attached hydrogen (secondary N) is 1. The topological polar surface area (TPSA) is 24.9 Å². The predicted octanol–water partition coefficient (Wildman–Crippen LogP) is 3.80. The molecule has 1 saturated carbocycles. The molecule has 2 rings (SSSR count). The van der Waals surface area contributed by atoms with Crippen LogP contribution in [0.2, 0.25) is 0 Å². The zero-order chi connectivity index (χ0) is 13.0. The summed E-state index contributed by atoms with van der Waals surface area (Å²) in [7, 11) is 0. The van der Waals surface area contributed by atoms with Crippen LogP contribution in [0.4, 0.5) is 0 Å². The van der Waals surface area contributed by atoms with Crippen LogP contribution in [-0.2, 0) is 6.42 Å². The highest BCUT2D eigenvalue weighted by atomic mass is 79.9. The number of hydrogen-bond donors (Lipinski definition) is 1. The minimum absolute atomic E-state index is 0.575. The van der Waals surface area contributed by atoms with Crippen molar-refractivity contribution in [1.82, 2.24) is 10.3 Å². The molecular weight excluding hydrogens is 288 g/mol. The van der Waals surface area contributed by atoms with Gasteiger partial charge < -0.3 is 5.32 Å². The molecule has 1 aromatic rings. The van der Waals surface area contributed by atoms with Gasteiger partial charge in [-0.2, -0.15) is 0 Å². The minimum atomic E-state index is 0.575. The molecular formula is C15H23BrN2. The van der Waals surface area contributed by atoms with E-state index >= 15 is 0 Å². The maximum atomic E-state index is 4.50. The minimum Gasteiger partial charge on any atom is -0.313 e. The summed E-state index contributed by atoms with van der Waals surface area (Å²) in [5, 5.41) is 3.70. The first-order chi connectivity index (χ1) is 8.70. The third-order valence-corrected chi connectivity index (χ3v) is 4.34. The van der Waals surface area contributed by atoms with Crippen molar-refractivity contribution in [2.24, 2.45) is 11.8 Å². The molecule has 0 bridgehead atoms. The molecule has 2 nitrogen and oxygen atoms in total. The number of halogens is 1. The van der Waals surface area contributed by atoms with Crippen molar-refractivity contribution >= 4 is 15.9 Å². The lowest BCUT2D eigenvalue weighted by Gasteiger charge is -2.25. The van der Waals surface area contributed by atoms with Gasteiger partial charge >= 0.3 is 0 Å². The second kappa shape index (κ2) is 6.67. The quantitative estimate of drug-likeness (QED) is 0.828. The molecule has 3 heteroatoms. The molecule has 2 atom stereocenters. The molecule has 1 aliphatic rings. The molecule has 0 aromatic carbocycles. The van der Waals surface area contributed by atoms with Gasteiger partial charge in [0.15, 0.2) is 0 Å². The largest absolute Gasteiger partial charge is 0.313 e. The van der Waals surface area contributed by atoms with E-state index in [-0.39, 0.29) is 0 Å². The molecule has 1 fully saturated rings. The van der Waals surface area contributed by atoms with Crippen LogP contribution in [0.3, 0.4) is 0 Å². The Morgan fingerprint density at radius 2 is 2.22 bits per heavy atom. The average Bonchev–Trinajstić information content (AvgIpc) is 3.20. The molecule has 1 N–H and O–H groups in total. The maximum absolute atomic E-state index is 4.50. The van der Waals surface area contributed by atoms with Crippen molar-refractivity contribution in [3.8, 4) is 0 Å². The lowest BCUT2D eigenvalue weighted by Crippen LogP contribution is -2.38. The summed E-state index contributed by atoms with van der Waals surface area (Å²) < 4.78 is 1.06. The van der Waals surface area contributed by atoms with Crippen LogP contribution in [-0.4, -0.2) is 17.6 Å². The van der Waals surface area contributed by atoms with Gasteiger partial charge in [0, 0.05) is 28.8 Å². The molecule has 2 unspecified atom stereocenters. The zero-order valence-electron chi connectivity index (χ0n) is 11.3. The van der Waals surface area contributed by atoms with E-state index in [9.17, 15) is 0 Å². The van der Waals surface area contributed by atoms with Crippen molar-refractivity contribution in [3.63, 3.8) is 0 Å². The lowest BCUT2D eigenvalue weighted by molar-refractivity contribution is 0.337. The monoisotopic (exact) mass is 310 g/mol. The number of rotatable bonds is 7. The third kappa shape index (κ3) is 4.06. The molecule has 0 amide bonds. The lowest BCUT2D eigenvalue weighted by atomic mass is 9.92. The Morgan fingerprint density at radius 3 is 2.78 bits per heavy atom. The Hall–Kier alpha value is -0.410.